The number of hydrogen-bond donors (Lipinski definition) is 2. The SMILES string of the molecule is CC(Oc1ccccc1F)C(=O)NNC(=O)c1cc(F)c(Cl)cc1Cl. The van der Waals surface area contributed by atoms with Gasteiger partial charge in [0.2, 0.25) is 0 Å². The van der Waals surface area contributed by atoms with Crippen LogP contribution in [0.15, 0.2) is 36.4 Å². The maximum absolute atomic E-state index is 13.5. The third-order valence-electron chi connectivity index (χ3n) is 3.06. The molecule has 2 rings (SSSR count). The predicted molar refractivity (Wildman–Crippen MR) is 88.5 cm³/mol. The highest BCUT2D eigenvalue weighted by atomic mass is 35.5. The highest BCUT2D eigenvalue weighted by molar-refractivity contribution is 6.36. The van der Waals surface area contributed by atoms with Crippen LogP contribution in [0.2, 0.25) is 10.0 Å². The molecule has 0 fully saturated rings. The predicted octanol–water partition coefficient (Wildman–Crippen LogP) is 3.50. The first-order valence-corrected chi connectivity index (χ1v) is 7.71. The molecule has 0 saturated carbocycles. The van der Waals surface area contributed by atoms with Gasteiger partial charge in [-0.1, -0.05) is 35.3 Å². The Hall–Kier alpha value is -2.38. The number of rotatable bonds is 4. The number of nitrogens with one attached hydrogen (secondary N) is 2. The third kappa shape index (κ3) is 4.80. The van der Waals surface area contributed by atoms with E-state index in [0.717, 1.165) is 12.1 Å². The minimum atomic E-state index is -1.10. The smallest absolute Gasteiger partial charge is 0.279 e. The van der Waals surface area contributed by atoms with Crippen LogP contribution >= 0.6 is 23.2 Å². The summed E-state index contributed by atoms with van der Waals surface area (Å²) in [6.45, 7) is 1.36. The first kappa shape index (κ1) is 19.0. The van der Waals surface area contributed by atoms with Crippen molar-refractivity contribution >= 4 is 35.0 Å². The van der Waals surface area contributed by atoms with Crippen LogP contribution in [-0.2, 0) is 4.79 Å². The van der Waals surface area contributed by atoms with Gasteiger partial charge in [-0.25, -0.2) is 8.78 Å². The van der Waals surface area contributed by atoms with E-state index in [4.69, 9.17) is 27.9 Å². The second-order valence-electron chi connectivity index (χ2n) is 4.88. The number of halogens is 4. The van der Waals surface area contributed by atoms with Crippen LogP contribution in [0.5, 0.6) is 5.75 Å². The lowest BCUT2D eigenvalue weighted by molar-refractivity contribution is -0.128. The van der Waals surface area contributed by atoms with E-state index in [1.165, 1.54) is 25.1 Å². The lowest BCUT2D eigenvalue weighted by Crippen LogP contribution is -2.47. The Balaban J connectivity index is 1.96. The van der Waals surface area contributed by atoms with Crippen LogP contribution in [-0.4, -0.2) is 17.9 Å². The van der Waals surface area contributed by atoms with Crippen LogP contribution in [0.25, 0.3) is 0 Å². The van der Waals surface area contributed by atoms with E-state index in [9.17, 15) is 18.4 Å². The van der Waals surface area contributed by atoms with Crippen molar-refractivity contribution in [2.75, 3.05) is 0 Å². The summed E-state index contributed by atoms with van der Waals surface area (Å²) in [6.07, 6.45) is -1.10. The van der Waals surface area contributed by atoms with Gasteiger partial charge in [-0.15, -0.1) is 0 Å². The standard InChI is InChI=1S/C16H12Cl2F2N2O3/c1-8(25-14-5-3-2-4-12(14)19)15(23)21-22-16(24)9-6-13(20)11(18)7-10(9)17/h2-8H,1H3,(H,21,23)(H,22,24). The van der Waals surface area contributed by atoms with Gasteiger partial charge >= 0.3 is 0 Å². The molecule has 0 aliphatic carbocycles. The lowest BCUT2D eigenvalue weighted by Gasteiger charge is -2.15. The van der Waals surface area contributed by atoms with Crippen molar-refractivity contribution in [3.63, 3.8) is 0 Å². The maximum Gasteiger partial charge on any atom is 0.279 e. The topological polar surface area (TPSA) is 67.4 Å². The molecule has 0 spiro atoms. The Kier molecular flexibility index (Phi) is 6.17. The third-order valence-corrected chi connectivity index (χ3v) is 3.67. The Bertz CT molecular complexity index is 818. The summed E-state index contributed by atoms with van der Waals surface area (Å²) >= 11 is 11.3. The van der Waals surface area contributed by atoms with Crippen LogP contribution < -0.4 is 15.6 Å². The molecule has 132 valence electrons. The lowest BCUT2D eigenvalue weighted by atomic mass is 10.2. The number of carbonyl (C=O) groups excluding carboxylic acids is 2. The quantitative estimate of drug-likeness (QED) is 0.622. The summed E-state index contributed by atoms with van der Waals surface area (Å²) in [5.74, 6) is -3.18. The Labute approximate surface area is 151 Å². The second kappa shape index (κ2) is 8.13. The molecule has 0 aliphatic heterocycles. The Morgan fingerprint density at radius 2 is 1.72 bits per heavy atom. The molecule has 0 saturated heterocycles. The van der Waals surface area contributed by atoms with Crippen molar-refractivity contribution in [1.29, 1.82) is 0 Å². The molecule has 1 atom stereocenters. The molecule has 0 aliphatic rings. The van der Waals surface area contributed by atoms with Crippen molar-refractivity contribution in [3.8, 4) is 5.75 Å². The molecular weight excluding hydrogens is 377 g/mol. The van der Waals surface area contributed by atoms with Gasteiger partial charge < -0.3 is 4.74 Å². The second-order valence-corrected chi connectivity index (χ2v) is 5.69. The Morgan fingerprint density at radius 3 is 2.40 bits per heavy atom. The van der Waals surface area contributed by atoms with Crippen LogP contribution in [0.1, 0.15) is 17.3 Å². The van der Waals surface area contributed by atoms with Gasteiger partial charge in [-0.2, -0.15) is 0 Å². The summed E-state index contributed by atoms with van der Waals surface area (Å²) in [5.41, 5.74) is 3.93. The number of ether oxygens (including phenoxy) is 1. The number of carbonyl (C=O) groups is 2. The van der Waals surface area contributed by atoms with Gasteiger partial charge in [0.05, 0.1) is 15.6 Å². The van der Waals surface area contributed by atoms with E-state index in [1.807, 2.05) is 0 Å². The summed E-state index contributed by atoms with van der Waals surface area (Å²) in [6, 6.07) is 7.46. The van der Waals surface area contributed by atoms with Gasteiger partial charge in [0.1, 0.15) is 5.82 Å². The van der Waals surface area contributed by atoms with Crippen LogP contribution in [0.3, 0.4) is 0 Å². The average Bonchev–Trinajstić information content (AvgIpc) is 2.57. The van der Waals surface area contributed by atoms with Crippen molar-refractivity contribution in [1.82, 2.24) is 10.9 Å². The normalized spacial score (nSPS) is 11.6. The van der Waals surface area contributed by atoms with Crippen molar-refractivity contribution in [2.24, 2.45) is 0 Å². The highest BCUT2D eigenvalue weighted by Crippen LogP contribution is 2.24. The molecule has 2 aromatic carbocycles. The van der Waals surface area contributed by atoms with Gasteiger partial charge in [-0.05, 0) is 31.2 Å². The molecule has 25 heavy (non-hydrogen) atoms. The fraction of sp³-hybridized carbons (Fsp3) is 0.125. The van der Waals surface area contributed by atoms with E-state index >= 15 is 0 Å². The maximum atomic E-state index is 13.5. The molecular formula is C16H12Cl2F2N2O3. The average molecular weight is 389 g/mol. The fourth-order valence-electron chi connectivity index (χ4n) is 1.77. The van der Waals surface area contributed by atoms with Gasteiger partial charge in [0, 0.05) is 0 Å². The van der Waals surface area contributed by atoms with Crippen LogP contribution in [0, 0.1) is 11.6 Å². The molecule has 0 heterocycles. The molecule has 2 aromatic rings. The monoisotopic (exact) mass is 388 g/mol. The summed E-state index contributed by atoms with van der Waals surface area (Å²) < 4.78 is 32.1. The van der Waals surface area contributed by atoms with E-state index in [0.29, 0.717) is 0 Å². The molecule has 2 N–H and O–H groups in total. The number of hydrogen-bond acceptors (Lipinski definition) is 3. The molecule has 2 amide bonds. The van der Waals surface area contributed by atoms with Gasteiger partial charge in [0.15, 0.2) is 17.7 Å². The van der Waals surface area contributed by atoms with E-state index in [2.05, 4.69) is 10.9 Å². The zero-order chi connectivity index (χ0) is 18.6. The van der Waals surface area contributed by atoms with Crippen LogP contribution in [0.4, 0.5) is 8.78 Å². The molecule has 0 radical (unpaired) electrons. The molecule has 0 bridgehead atoms. The minimum Gasteiger partial charge on any atom is -0.478 e. The molecule has 0 aromatic heterocycles. The van der Waals surface area contributed by atoms with Crippen molar-refractivity contribution in [3.05, 3.63) is 63.6 Å². The fourth-order valence-corrected chi connectivity index (χ4v) is 2.24. The minimum absolute atomic E-state index is 0.0891. The Morgan fingerprint density at radius 1 is 1.04 bits per heavy atom. The summed E-state index contributed by atoms with van der Waals surface area (Å²) in [7, 11) is 0. The zero-order valence-electron chi connectivity index (χ0n) is 12.8. The summed E-state index contributed by atoms with van der Waals surface area (Å²) in [4.78, 5) is 23.8. The first-order valence-electron chi connectivity index (χ1n) is 6.95. The van der Waals surface area contributed by atoms with E-state index < -0.39 is 29.6 Å². The van der Waals surface area contributed by atoms with Gasteiger partial charge in [-0.3, -0.25) is 20.4 Å². The number of para-hydroxylation sites is 1. The molecule has 9 heteroatoms. The largest absolute Gasteiger partial charge is 0.478 e. The molecule has 1 unspecified atom stereocenters. The first-order chi connectivity index (χ1) is 11.8. The number of hydrazine groups is 1. The van der Waals surface area contributed by atoms with E-state index in [1.54, 1.807) is 6.07 Å². The molecule has 5 nitrogen and oxygen atoms in total. The highest BCUT2D eigenvalue weighted by Gasteiger charge is 2.19. The number of benzene rings is 2. The number of amides is 2. The van der Waals surface area contributed by atoms with Crippen molar-refractivity contribution < 1.29 is 23.1 Å². The summed E-state index contributed by atoms with van der Waals surface area (Å²) in [5, 5.41) is -0.328. The van der Waals surface area contributed by atoms with Gasteiger partial charge in [0.25, 0.3) is 11.8 Å². The zero-order valence-corrected chi connectivity index (χ0v) is 14.3. The van der Waals surface area contributed by atoms with E-state index in [-0.39, 0.29) is 21.4 Å². The van der Waals surface area contributed by atoms with Crippen molar-refractivity contribution in [2.45, 2.75) is 13.0 Å².